The standard InChI is InChI=1S/C16H20N2O5/c1-2-23-16(20)13-7-9-17(10-8-13)15(19)11-12-3-5-14(6-4-12)18(21)22/h3-6,13H,2,7-11H2,1H3. The molecule has 0 spiro atoms. The van der Waals surface area contributed by atoms with Crippen molar-refractivity contribution in [2.75, 3.05) is 19.7 Å². The van der Waals surface area contributed by atoms with Crippen molar-refractivity contribution in [1.82, 2.24) is 4.90 Å². The van der Waals surface area contributed by atoms with Gasteiger partial charge in [0.25, 0.3) is 5.69 Å². The number of nitro groups is 1. The number of rotatable bonds is 5. The summed E-state index contributed by atoms with van der Waals surface area (Å²) in [5.74, 6) is -0.338. The Morgan fingerprint density at radius 2 is 1.87 bits per heavy atom. The van der Waals surface area contributed by atoms with Crippen LogP contribution >= 0.6 is 0 Å². The highest BCUT2D eigenvalue weighted by atomic mass is 16.6. The van der Waals surface area contributed by atoms with Crippen LogP contribution in [-0.4, -0.2) is 41.4 Å². The molecular weight excluding hydrogens is 300 g/mol. The molecule has 23 heavy (non-hydrogen) atoms. The van der Waals surface area contributed by atoms with E-state index in [1.54, 1.807) is 24.0 Å². The summed E-state index contributed by atoms with van der Waals surface area (Å²) in [5, 5.41) is 10.6. The van der Waals surface area contributed by atoms with Gasteiger partial charge in [-0.25, -0.2) is 0 Å². The van der Waals surface area contributed by atoms with Crippen LogP contribution in [0.25, 0.3) is 0 Å². The first-order chi connectivity index (χ1) is 11.0. The molecule has 1 aliphatic rings. The molecule has 1 heterocycles. The van der Waals surface area contributed by atoms with Crippen molar-refractivity contribution in [3.8, 4) is 0 Å². The van der Waals surface area contributed by atoms with Crippen LogP contribution in [-0.2, 0) is 20.7 Å². The lowest BCUT2D eigenvalue weighted by Gasteiger charge is -2.31. The van der Waals surface area contributed by atoms with E-state index in [0.29, 0.717) is 32.5 Å². The van der Waals surface area contributed by atoms with Crippen molar-refractivity contribution >= 4 is 17.6 Å². The van der Waals surface area contributed by atoms with Gasteiger partial charge < -0.3 is 9.64 Å². The third-order valence-corrected chi connectivity index (χ3v) is 3.97. The van der Waals surface area contributed by atoms with Crippen LogP contribution in [0.15, 0.2) is 24.3 Å². The van der Waals surface area contributed by atoms with E-state index in [0.717, 1.165) is 5.56 Å². The summed E-state index contributed by atoms with van der Waals surface area (Å²) in [6, 6.07) is 5.99. The highest BCUT2D eigenvalue weighted by Crippen LogP contribution is 2.20. The smallest absolute Gasteiger partial charge is 0.309 e. The summed E-state index contributed by atoms with van der Waals surface area (Å²) in [6.45, 7) is 3.23. The number of likely N-dealkylation sites (tertiary alicyclic amines) is 1. The van der Waals surface area contributed by atoms with Crippen molar-refractivity contribution in [2.24, 2.45) is 5.92 Å². The lowest BCUT2D eigenvalue weighted by atomic mass is 9.96. The van der Waals surface area contributed by atoms with Gasteiger partial charge in [-0.1, -0.05) is 12.1 Å². The fourth-order valence-corrected chi connectivity index (χ4v) is 2.65. The van der Waals surface area contributed by atoms with Gasteiger partial charge in [-0.15, -0.1) is 0 Å². The second kappa shape index (κ2) is 7.71. The predicted octanol–water partition coefficient (Wildman–Crippen LogP) is 1.94. The second-order valence-corrected chi connectivity index (χ2v) is 5.51. The maximum Gasteiger partial charge on any atom is 0.309 e. The molecule has 7 nitrogen and oxygen atoms in total. The molecule has 1 aromatic rings. The van der Waals surface area contributed by atoms with Gasteiger partial charge in [0.1, 0.15) is 0 Å². The van der Waals surface area contributed by atoms with Crippen LogP contribution in [0.3, 0.4) is 0 Å². The van der Waals surface area contributed by atoms with E-state index in [1.165, 1.54) is 12.1 Å². The minimum Gasteiger partial charge on any atom is -0.466 e. The molecule has 2 rings (SSSR count). The number of nitrogens with zero attached hydrogens (tertiary/aromatic N) is 2. The fourth-order valence-electron chi connectivity index (χ4n) is 2.65. The number of carbonyl (C=O) groups is 2. The zero-order chi connectivity index (χ0) is 16.8. The van der Waals surface area contributed by atoms with E-state index in [4.69, 9.17) is 4.74 Å². The Hall–Kier alpha value is -2.44. The van der Waals surface area contributed by atoms with Gasteiger partial charge in [0.15, 0.2) is 0 Å². The van der Waals surface area contributed by atoms with Crippen molar-refractivity contribution in [2.45, 2.75) is 26.2 Å². The first kappa shape index (κ1) is 16.9. The Morgan fingerprint density at radius 1 is 1.26 bits per heavy atom. The number of hydrogen-bond acceptors (Lipinski definition) is 5. The number of amides is 1. The average molecular weight is 320 g/mol. The van der Waals surface area contributed by atoms with Crippen molar-refractivity contribution in [3.05, 3.63) is 39.9 Å². The molecule has 0 bridgehead atoms. The van der Waals surface area contributed by atoms with Crippen molar-refractivity contribution in [1.29, 1.82) is 0 Å². The van der Waals surface area contributed by atoms with Crippen LogP contribution in [0, 0.1) is 16.0 Å². The average Bonchev–Trinajstić information content (AvgIpc) is 2.55. The predicted molar refractivity (Wildman–Crippen MR) is 82.7 cm³/mol. The molecule has 0 radical (unpaired) electrons. The van der Waals surface area contributed by atoms with E-state index >= 15 is 0 Å². The molecule has 1 fully saturated rings. The maximum atomic E-state index is 12.3. The van der Waals surface area contributed by atoms with Crippen LogP contribution in [0.2, 0.25) is 0 Å². The van der Waals surface area contributed by atoms with Crippen LogP contribution in [0.5, 0.6) is 0 Å². The number of non-ortho nitro benzene ring substituents is 1. The van der Waals surface area contributed by atoms with Gasteiger partial charge >= 0.3 is 5.97 Å². The number of benzene rings is 1. The lowest BCUT2D eigenvalue weighted by molar-refractivity contribution is -0.384. The summed E-state index contributed by atoms with van der Waals surface area (Å²) >= 11 is 0. The zero-order valence-corrected chi connectivity index (χ0v) is 13.1. The molecule has 124 valence electrons. The van der Waals surface area contributed by atoms with Gasteiger partial charge in [0, 0.05) is 25.2 Å². The van der Waals surface area contributed by atoms with Gasteiger partial charge in [0.05, 0.1) is 23.9 Å². The van der Waals surface area contributed by atoms with Crippen LogP contribution in [0.1, 0.15) is 25.3 Å². The Morgan fingerprint density at radius 3 is 2.39 bits per heavy atom. The maximum absolute atomic E-state index is 12.3. The summed E-state index contributed by atoms with van der Waals surface area (Å²) in [7, 11) is 0. The van der Waals surface area contributed by atoms with Crippen molar-refractivity contribution < 1.29 is 19.2 Å². The number of nitro benzene ring substituents is 1. The van der Waals surface area contributed by atoms with E-state index < -0.39 is 4.92 Å². The summed E-state index contributed by atoms with van der Waals surface area (Å²) in [6.07, 6.45) is 1.44. The molecule has 0 atom stereocenters. The molecule has 7 heteroatoms. The first-order valence-corrected chi connectivity index (χ1v) is 7.69. The van der Waals surface area contributed by atoms with Gasteiger partial charge in [-0.05, 0) is 25.3 Å². The number of ether oxygens (including phenoxy) is 1. The summed E-state index contributed by atoms with van der Waals surface area (Å²) in [5.41, 5.74) is 0.754. The van der Waals surface area contributed by atoms with Crippen LogP contribution in [0.4, 0.5) is 5.69 Å². The SMILES string of the molecule is CCOC(=O)C1CCN(C(=O)Cc2ccc([N+](=O)[O-])cc2)CC1. The van der Waals surface area contributed by atoms with Crippen molar-refractivity contribution in [3.63, 3.8) is 0 Å². The van der Waals surface area contributed by atoms with E-state index in [2.05, 4.69) is 0 Å². The molecule has 1 aliphatic heterocycles. The van der Waals surface area contributed by atoms with E-state index in [1.807, 2.05) is 0 Å². The van der Waals surface area contributed by atoms with Gasteiger partial charge in [-0.2, -0.15) is 0 Å². The highest BCUT2D eigenvalue weighted by molar-refractivity contribution is 5.79. The normalized spacial score (nSPS) is 15.3. The molecule has 1 amide bonds. The highest BCUT2D eigenvalue weighted by Gasteiger charge is 2.28. The minimum atomic E-state index is -0.467. The molecule has 1 aromatic carbocycles. The molecule has 1 saturated heterocycles. The molecular formula is C16H20N2O5. The minimum absolute atomic E-state index is 0.0106. The number of carbonyl (C=O) groups excluding carboxylic acids is 2. The number of hydrogen-bond donors (Lipinski definition) is 0. The molecule has 0 aliphatic carbocycles. The first-order valence-electron chi connectivity index (χ1n) is 7.69. The number of esters is 1. The van der Waals surface area contributed by atoms with E-state index in [9.17, 15) is 19.7 Å². The molecule has 0 unspecified atom stereocenters. The third kappa shape index (κ3) is 4.51. The zero-order valence-electron chi connectivity index (χ0n) is 13.1. The van der Waals surface area contributed by atoms with Gasteiger partial charge in [0.2, 0.25) is 5.91 Å². The molecule has 0 saturated carbocycles. The number of piperidine rings is 1. The largest absolute Gasteiger partial charge is 0.466 e. The Labute approximate surface area is 134 Å². The summed E-state index contributed by atoms with van der Waals surface area (Å²) < 4.78 is 5.01. The third-order valence-electron chi connectivity index (χ3n) is 3.97. The van der Waals surface area contributed by atoms with Crippen LogP contribution < -0.4 is 0 Å². The summed E-state index contributed by atoms with van der Waals surface area (Å²) in [4.78, 5) is 35.8. The molecule has 0 N–H and O–H groups in total. The monoisotopic (exact) mass is 320 g/mol. The lowest BCUT2D eigenvalue weighted by Crippen LogP contribution is -2.41. The Bertz CT molecular complexity index is 577. The second-order valence-electron chi connectivity index (χ2n) is 5.51. The van der Waals surface area contributed by atoms with Gasteiger partial charge in [-0.3, -0.25) is 19.7 Å². The quantitative estimate of drug-likeness (QED) is 0.470. The Balaban J connectivity index is 1.85. The Kier molecular flexibility index (Phi) is 5.67. The molecule has 0 aromatic heterocycles. The topological polar surface area (TPSA) is 89.8 Å². The fraction of sp³-hybridized carbons (Fsp3) is 0.500. The van der Waals surface area contributed by atoms with E-state index in [-0.39, 0.29) is 29.9 Å².